The third kappa shape index (κ3) is 4.81. The quantitative estimate of drug-likeness (QED) is 0.799. The van der Waals surface area contributed by atoms with Gasteiger partial charge in [-0.3, -0.25) is 9.69 Å². The van der Waals surface area contributed by atoms with Crippen LogP contribution < -0.4 is 0 Å². The lowest BCUT2D eigenvalue weighted by Gasteiger charge is -2.27. The highest BCUT2D eigenvalue weighted by Crippen LogP contribution is 2.20. The number of amides is 1. The maximum absolute atomic E-state index is 12.2. The Labute approximate surface area is 135 Å². The van der Waals surface area contributed by atoms with Crippen molar-refractivity contribution in [2.24, 2.45) is 0 Å². The number of Topliss-reactive ketones (excluding diaryl/α,β-unsaturated/α-hetero) is 1. The minimum absolute atomic E-state index is 0.0349. The first-order chi connectivity index (χ1) is 10.8. The van der Waals surface area contributed by atoms with Crippen LogP contribution in [0.5, 0.6) is 0 Å². The molecule has 1 unspecified atom stereocenters. The zero-order chi connectivity index (χ0) is 17.0. The van der Waals surface area contributed by atoms with Gasteiger partial charge in [-0.25, -0.2) is 9.59 Å². The summed E-state index contributed by atoms with van der Waals surface area (Å²) in [6.07, 6.45) is -0.711. The molecule has 1 atom stereocenters. The number of likely N-dealkylation sites (tertiary alicyclic amines) is 1. The van der Waals surface area contributed by atoms with Crippen molar-refractivity contribution in [2.45, 2.75) is 45.4 Å². The zero-order valence-electron chi connectivity index (χ0n) is 13.6. The Morgan fingerprint density at radius 2 is 1.87 bits per heavy atom. The largest absolute Gasteiger partial charge is 0.459 e. The third-order valence-corrected chi connectivity index (χ3v) is 3.27. The Morgan fingerprint density at radius 1 is 1.22 bits per heavy atom. The van der Waals surface area contributed by atoms with Crippen molar-refractivity contribution in [3.8, 4) is 0 Å². The molecule has 0 N–H and O–H groups in total. The molecule has 1 fully saturated rings. The van der Waals surface area contributed by atoms with E-state index in [0.717, 1.165) is 10.5 Å². The summed E-state index contributed by atoms with van der Waals surface area (Å²) in [7, 11) is 0. The second-order valence-electron chi connectivity index (χ2n) is 6.46. The number of hydrogen-bond donors (Lipinski definition) is 0. The molecule has 2 rings (SSSR count). The van der Waals surface area contributed by atoms with Crippen molar-refractivity contribution in [1.82, 2.24) is 4.90 Å². The van der Waals surface area contributed by atoms with Gasteiger partial charge < -0.3 is 9.47 Å². The molecule has 1 amide bonds. The summed E-state index contributed by atoms with van der Waals surface area (Å²) in [5.74, 6) is -0.775. The minimum atomic E-state index is -0.916. The van der Waals surface area contributed by atoms with Crippen LogP contribution in [0.25, 0.3) is 0 Å². The standard InChI is InChI=1S/C17H21NO5/c1-17(2,3)23-16(21)18-10-13(19)9-14(18)15(20)22-11-12-7-5-4-6-8-12/h4-8,14H,9-11H2,1-3H3. The molecule has 0 radical (unpaired) electrons. The first kappa shape index (κ1) is 17.0. The fourth-order valence-electron chi connectivity index (χ4n) is 2.24. The molecule has 1 aliphatic heterocycles. The van der Waals surface area contributed by atoms with Crippen LogP contribution in [0.1, 0.15) is 32.8 Å². The van der Waals surface area contributed by atoms with Crippen molar-refractivity contribution in [3.63, 3.8) is 0 Å². The Kier molecular flexibility index (Phi) is 5.03. The number of esters is 1. The Morgan fingerprint density at radius 3 is 2.48 bits per heavy atom. The van der Waals surface area contributed by atoms with E-state index in [4.69, 9.17) is 9.47 Å². The molecule has 124 valence electrons. The lowest BCUT2D eigenvalue weighted by molar-refractivity contribution is -0.150. The normalized spacial score (nSPS) is 18.0. The van der Waals surface area contributed by atoms with Gasteiger partial charge in [-0.05, 0) is 26.3 Å². The number of carbonyl (C=O) groups excluding carboxylic acids is 3. The average Bonchev–Trinajstić information content (AvgIpc) is 2.86. The summed E-state index contributed by atoms with van der Waals surface area (Å²) in [6, 6.07) is 8.30. The number of benzene rings is 1. The van der Waals surface area contributed by atoms with Crippen LogP contribution in [0.2, 0.25) is 0 Å². The Balaban J connectivity index is 1.99. The lowest BCUT2D eigenvalue weighted by atomic mass is 10.2. The number of ketones is 1. The van der Waals surface area contributed by atoms with Crippen LogP contribution >= 0.6 is 0 Å². The van der Waals surface area contributed by atoms with Gasteiger partial charge in [0.2, 0.25) is 0 Å². The molecule has 23 heavy (non-hydrogen) atoms. The predicted octanol–water partition coefficient (Wildman–Crippen LogP) is 2.31. The molecule has 0 saturated carbocycles. The molecule has 6 heteroatoms. The van der Waals surface area contributed by atoms with Crippen molar-refractivity contribution in [1.29, 1.82) is 0 Å². The van der Waals surface area contributed by atoms with Crippen molar-refractivity contribution in [3.05, 3.63) is 35.9 Å². The minimum Gasteiger partial charge on any atom is -0.459 e. The van der Waals surface area contributed by atoms with Crippen LogP contribution in [0.15, 0.2) is 30.3 Å². The van der Waals surface area contributed by atoms with Gasteiger partial charge in [-0.15, -0.1) is 0 Å². The van der Waals surface area contributed by atoms with E-state index in [9.17, 15) is 14.4 Å². The van der Waals surface area contributed by atoms with Crippen LogP contribution in [-0.2, 0) is 25.7 Å². The summed E-state index contributed by atoms with van der Waals surface area (Å²) in [6.45, 7) is 5.16. The predicted molar refractivity (Wildman–Crippen MR) is 82.6 cm³/mol. The first-order valence-electron chi connectivity index (χ1n) is 7.48. The SMILES string of the molecule is CC(C)(C)OC(=O)N1CC(=O)CC1C(=O)OCc1ccccc1. The number of rotatable bonds is 3. The summed E-state index contributed by atoms with van der Waals surface area (Å²) >= 11 is 0. The van der Waals surface area contributed by atoms with Gasteiger partial charge in [0.05, 0.1) is 6.54 Å². The van der Waals surface area contributed by atoms with Crippen LogP contribution in [0, 0.1) is 0 Å². The van der Waals surface area contributed by atoms with Crippen LogP contribution in [0.3, 0.4) is 0 Å². The summed E-state index contributed by atoms with van der Waals surface area (Å²) in [5.41, 5.74) is 0.148. The smallest absolute Gasteiger partial charge is 0.411 e. The molecule has 0 aliphatic carbocycles. The highest BCUT2D eigenvalue weighted by Gasteiger charge is 2.41. The molecule has 1 aromatic carbocycles. The second-order valence-corrected chi connectivity index (χ2v) is 6.46. The van der Waals surface area contributed by atoms with Crippen LogP contribution in [0.4, 0.5) is 4.79 Å². The summed E-state index contributed by atoms with van der Waals surface area (Å²) < 4.78 is 10.5. The topological polar surface area (TPSA) is 72.9 Å². The van der Waals surface area contributed by atoms with Crippen molar-refractivity contribution in [2.75, 3.05) is 6.54 Å². The molecule has 0 spiro atoms. The van der Waals surface area contributed by atoms with Gasteiger partial charge >= 0.3 is 12.1 Å². The molecule has 6 nitrogen and oxygen atoms in total. The molecule has 1 aliphatic rings. The van der Waals surface area contributed by atoms with E-state index in [1.54, 1.807) is 20.8 Å². The van der Waals surface area contributed by atoms with E-state index in [2.05, 4.69) is 0 Å². The van der Waals surface area contributed by atoms with Gasteiger partial charge in [-0.1, -0.05) is 30.3 Å². The average molecular weight is 319 g/mol. The van der Waals surface area contributed by atoms with E-state index >= 15 is 0 Å². The molecule has 0 bridgehead atoms. The maximum Gasteiger partial charge on any atom is 0.411 e. The molecule has 1 heterocycles. The summed E-state index contributed by atoms with van der Waals surface area (Å²) in [5, 5.41) is 0. The Hall–Kier alpha value is -2.37. The lowest BCUT2D eigenvalue weighted by Crippen LogP contribution is -2.44. The molecular weight excluding hydrogens is 298 g/mol. The molecule has 0 aromatic heterocycles. The van der Waals surface area contributed by atoms with Gasteiger partial charge in [0.25, 0.3) is 0 Å². The second kappa shape index (κ2) is 6.81. The molecular formula is C17H21NO5. The number of nitrogens with zero attached hydrogens (tertiary/aromatic N) is 1. The van der Waals surface area contributed by atoms with E-state index in [1.165, 1.54) is 0 Å². The number of carbonyl (C=O) groups is 3. The molecule has 1 saturated heterocycles. The molecule has 1 aromatic rings. The monoisotopic (exact) mass is 319 g/mol. The van der Waals surface area contributed by atoms with E-state index < -0.39 is 23.7 Å². The highest BCUT2D eigenvalue weighted by atomic mass is 16.6. The van der Waals surface area contributed by atoms with E-state index in [-0.39, 0.29) is 25.4 Å². The number of ether oxygens (including phenoxy) is 2. The fraction of sp³-hybridized carbons (Fsp3) is 0.471. The summed E-state index contributed by atoms with van der Waals surface area (Å²) in [4.78, 5) is 37.2. The highest BCUT2D eigenvalue weighted by molar-refractivity contribution is 5.95. The fourth-order valence-corrected chi connectivity index (χ4v) is 2.24. The third-order valence-electron chi connectivity index (χ3n) is 3.27. The van der Waals surface area contributed by atoms with Gasteiger partial charge in [0.15, 0.2) is 5.78 Å². The van der Waals surface area contributed by atoms with Crippen LogP contribution in [-0.4, -0.2) is 40.9 Å². The van der Waals surface area contributed by atoms with Gasteiger partial charge in [-0.2, -0.15) is 0 Å². The van der Waals surface area contributed by atoms with Gasteiger partial charge in [0, 0.05) is 6.42 Å². The van der Waals surface area contributed by atoms with Crippen molar-refractivity contribution >= 4 is 17.8 Å². The van der Waals surface area contributed by atoms with Gasteiger partial charge in [0.1, 0.15) is 18.2 Å². The van der Waals surface area contributed by atoms with E-state index in [1.807, 2.05) is 30.3 Å². The number of hydrogen-bond acceptors (Lipinski definition) is 5. The maximum atomic E-state index is 12.2. The first-order valence-corrected chi connectivity index (χ1v) is 7.48. The zero-order valence-corrected chi connectivity index (χ0v) is 13.6. The Bertz CT molecular complexity index is 591. The van der Waals surface area contributed by atoms with Crippen molar-refractivity contribution < 1.29 is 23.9 Å². The van der Waals surface area contributed by atoms with E-state index in [0.29, 0.717) is 0 Å².